The maximum atomic E-state index is 13.9. The number of nitrogens with two attached hydrogens (primary N) is 2. The predicted octanol–water partition coefficient (Wildman–Crippen LogP) is 2.09. The third-order valence-electron chi connectivity index (χ3n) is 6.70. The summed E-state index contributed by atoms with van der Waals surface area (Å²) < 4.78 is 34.1. The number of aliphatic hydroxyl groups is 1. The third kappa shape index (κ3) is 6.55. The van der Waals surface area contributed by atoms with Crippen LogP contribution in [0, 0.1) is 0 Å². The number of benzene rings is 2. The minimum atomic E-state index is -4.16. The van der Waals surface area contributed by atoms with E-state index in [-0.39, 0.29) is 47.2 Å². The Morgan fingerprint density at radius 3 is 2.37 bits per heavy atom. The predicted molar refractivity (Wildman–Crippen MR) is 159 cm³/mol. The fourth-order valence-corrected chi connectivity index (χ4v) is 6.14. The van der Waals surface area contributed by atoms with Gasteiger partial charge in [0.15, 0.2) is 5.78 Å². The number of ether oxygens (including phenoxy) is 1. The largest absolute Gasteiger partial charge is 0.466 e. The highest BCUT2D eigenvalue weighted by atomic mass is 32.2. The first-order chi connectivity index (χ1) is 20.5. The summed E-state index contributed by atoms with van der Waals surface area (Å²) in [5.74, 6) is -0.463. The van der Waals surface area contributed by atoms with E-state index in [4.69, 9.17) is 16.2 Å². The van der Waals surface area contributed by atoms with Crippen molar-refractivity contribution in [1.29, 1.82) is 0 Å². The smallest absolute Gasteiger partial charge is 0.306 e. The van der Waals surface area contributed by atoms with Crippen molar-refractivity contribution in [2.75, 3.05) is 29.9 Å². The van der Waals surface area contributed by atoms with Gasteiger partial charge in [-0.2, -0.15) is 15.0 Å². The molecule has 0 aliphatic heterocycles. The summed E-state index contributed by atoms with van der Waals surface area (Å²) in [6.45, 7) is 0.601. The highest BCUT2D eigenvalue weighted by Crippen LogP contribution is 2.35. The second kappa shape index (κ2) is 12.0. The molecule has 5 rings (SSSR count). The Bertz CT molecular complexity index is 1810. The average molecular weight is 604 g/mol. The van der Waals surface area contributed by atoms with E-state index in [9.17, 15) is 23.1 Å². The molecular formula is C29H29N7O6S. The van der Waals surface area contributed by atoms with Gasteiger partial charge in [0.2, 0.25) is 17.8 Å². The number of aromatic nitrogens is 4. The van der Waals surface area contributed by atoms with Gasteiger partial charge in [-0.1, -0.05) is 30.3 Å². The Labute approximate surface area is 247 Å². The summed E-state index contributed by atoms with van der Waals surface area (Å²) in [7, 11) is -4.16. The van der Waals surface area contributed by atoms with Gasteiger partial charge in [0.1, 0.15) is 5.60 Å². The Morgan fingerprint density at radius 2 is 1.67 bits per heavy atom. The van der Waals surface area contributed by atoms with Gasteiger partial charge in [0.25, 0.3) is 10.0 Å². The summed E-state index contributed by atoms with van der Waals surface area (Å²) in [4.78, 5) is 35.4. The van der Waals surface area contributed by atoms with E-state index in [2.05, 4.69) is 20.3 Å². The lowest BCUT2D eigenvalue weighted by Gasteiger charge is -2.25. The number of rotatable bonds is 11. The van der Waals surface area contributed by atoms with E-state index >= 15 is 0 Å². The first kappa shape index (κ1) is 29.4. The molecule has 0 spiro atoms. The number of hydrogen-bond acceptors (Lipinski definition) is 12. The van der Waals surface area contributed by atoms with Crippen molar-refractivity contribution in [1.82, 2.24) is 18.9 Å². The van der Waals surface area contributed by atoms with Gasteiger partial charge in [-0.05, 0) is 67.0 Å². The molecular weight excluding hydrogens is 574 g/mol. The number of ketones is 1. The van der Waals surface area contributed by atoms with Crippen molar-refractivity contribution in [3.63, 3.8) is 0 Å². The molecule has 2 heterocycles. The molecule has 4 aromatic rings. The fraction of sp³-hybridized carbons (Fsp3) is 0.207. The number of fused-ring (bicyclic) bond motifs is 1. The second-order valence-electron chi connectivity index (χ2n) is 9.77. The number of para-hydroxylation sites is 1. The van der Waals surface area contributed by atoms with Crippen LogP contribution in [0.4, 0.5) is 17.8 Å². The van der Waals surface area contributed by atoms with Crippen LogP contribution >= 0.6 is 0 Å². The van der Waals surface area contributed by atoms with E-state index in [1.165, 1.54) is 36.4 Å². The zero-order valence-electron chi connectivity index (χ0n) is 22.9. The second-order valence-corrected chi connectivity index (χ2v) is 11.6. The Kier molecular flexibility index (Phi) is 8.23. The number of esters is 1. The van der Waals surface area contributed by atoms with Gasteiger partial charge < -0.3 is 26.6 Å². The summed E-state index contributed by atoms with van der Waals surface area (Å²) in [6.07, 6.45) is 5.91. The van der Waals surface area contributed by atoms with Gasteiger partial charge in [-0.25, -0.2) is 12.4 Å². The SMILES string of the molecule is Nc1nc(N)nc(NCCCOC(=O)CCc2ccc(S(=O)(=O)n3c(C4(O)C=CC(=O)C=C4)cc4ccccc43)cc2)n1. The molecule has 2 aromatic carbocycles. The van der Waals surface area contributed by atoms with Gasteiger partial charge in [-0.15, -0.1) is 0 Å². The van der Waals surface area contributed by atoms with E-state index in [1.54, 1.807) is 42.5 Å². The standard InChI is InChI=1S/C29H29N7O6S/c30-26-33-27(31)35-28(34-26)32-16-3-17-42-25(38)11-8-19-6-9-22(10-7-19)43(40,41)36-23-5-2-1-4-20(23)18-24(36)29(39)14-12-21(37)13-15-29/h1-2,4-7,9-10,12-15,18,39H,3,8,11,16-17H2,(H5,30,31,32,33,34,35). The first-order valence-electron chi connectivity index (χ1n) is 13.3. The van der Waals surface area contributed by atoms with E-state index in [1.807, 2.05) is 0 Å². The van der Waals surface area contributed by atoms with Crippen molar-refractivity contribution in [3.8, 4) is 0 Å². The van der Waals surface area contributed by atoms with Crippen LogP contribution < -0.4 is 16.8 Å². The van der Waals surface area contributed by atoms with Crippen molar-refractivity contribution in [2.24, 2.45) is 0 Å². The minimum Gasteiger partial charge on any atom is -0.466 e. The van der Waals surface area contributed by atoms with Gasteiger partial charge in [0, 0.05) is 18.4 Å². The van der Waals surface area contributed by atoms with Crippen LogP contribution in [0.5, 0.6) is 0 Å². The molecule has 1 aliphatic rings. The summed E-state index contributed by atoms with van der Waals surface area (Å²) in [6, 6.07) is 14.6. The van der Waals surface area contributed by atoms with Crippen molar-refractivity contribution >= 4 is 50.5 Å². The Balaban J connectivity index is 1.21. The van der Waals surface area contributed by atoms with Crippen LogP contribution in [0.15, 0.2) is 83.8 Å². The zero-order chi connectivity index (χ0) is 30.6. The Hall–Kier alpha value is -5.08. The number of allylic oxidation sites excluding steroid dienone is 2. The lowest BCUT2D eigenvalue weighted by Crippen LogP contribution is -2.29. The van der Waals surface area contributed by atoms with Crippen LogP contribution in [0.1, 0.15) is 24.1 Å². The van der Waals surface area contributed by atoms with E-state index in [0.29, 0.717) is 30.3 Å². The number of anilines is 3. The first-order valence-corrected chi connectivity index (χ1v) is 14.8. The minimum absolute atomic E-state index is 0.000867. The molecule has 0 saturated heterocycles. The summed E-state index contributed by atoms with van der Waals surface area (Å²) >= 11 is 0. The van der Waals surface area contributed by atoms with E-state index in [0.717, 1.165) is 9.54 Å². The topological polar surface area (TPSA) is 205 Å². The number of nitrogens with one attached hydrogen (secondary N) is 1. The molecule has 0 atom stereocenters. The lowest BCUT2D eigenvalue weighted by atomic mass is 9.94. The molecule has 0 unspecified atom stereocenters. The van der Waals surface area contributed by atoms with E-state index < -0.39 is 21.6 Å². The number of carbonyl (C=O) groups excluding carboxylic acids is 2. The maximum Gasteiger partial charge on any atom is 0.306 e. The molecule has 0 fully saturated rings. The highest BCUT2D eigenvalue weighted by molar-refractivity contribution is 7.90. The zero-order valence-corrected chi connectivity index (χ0v) is 23.7. The molecule has 222 valence electrons. The van der Waals surface area contributed by atoms with Crippen LogP contribution in [0.2, 0.25) is 0 Å². The molecule has 43 heavy (non-hydrogen) atoms. The average Bonchev–Trinajstić information content (AvgIpc) is 3.39. The normalized spacial score (nSPS) is 14.2. The summed E-state index contributed by atoms with van der Waals surface area (Å²) in [5, 5.41) is 14.8. The van der Waals surface area contributed by atoms with Crippen molar-refractivity contribution < 1.29 is 27.9 Å². The number of carbonyl (C=O) groups is 2. The van der Waals surface area contributed by atoms with Crippen LogP contribution in [0.3, 0.4) is 0 Å². The number of hydrogen-bond donors (Lipinski definition) is 4. The van der Waals surface area contributed by atoms with Gasteiger partial charge in [-0.3, -0.25) is 9.59 Å². The van der Waals surface area contributed by atoms with Crippen LogP contribution in [0.25, 0.3) is 10.9 Å². The fourth-order valence-electron chi connectivity index (χ4n) is 4.57. The van der Waals surface area contributed by atoms with Crippen molar-refractivity contribution in [2.45, 2.75) is 29.8 Å². The Morgan fingerprint density at radius 1 is 1.00 bits per heavy atom. The highest BCUT2D eigenvalue weighted by Gasteiger charge is 2.34. The molecule has 0 amide bonds. The number of nitrogens with zero attached hydrogens (tertiary/aromatic N) is 4. The molecule has 0 radical (unpaired) electrons. The molecule has 1 aliphatic carbocycles. The molecule has 2 aromatic heterocycles. The number of nitrogen functional groups attached to an aromatic ring is 2. The lowest BCUT2D eigenvalue weighted by molar-refractivity contribution is -0.143. The maximum absolute atomic E-state index is 13.9. The molecule has 14 heteroatoms. The molecule has 6 N–H and O–H groups in total. The molecule has 0 bridgehead atoms. The summed E-state index contributed by atoms with van der Waals surface area (Å²) in [5.41, 5.74) is 10.4. The molecule has 0 saturated carbocycles. The van der Waals surface area contributed by atoms with Gasteiger partial charge in [0.05, 0.1) is 22.7 Å². The monoisotopic (exact) mass is 603 g/mol. The van der Waals surface area contributed by atoms with Crippen molar-refractivity contribution in [3.05, 3.63) is 90.2 Å². The quantitative estimate of drug-likeness (QED) is 0.144. The van der Waals surface area contributed by atoms with Gasteiger partial charge >= 0.3 is 5.97 Å². The molecule has 13 nitrogen and oxygen atoms in total. The van der Waals surface area contributed by atoms with Crippen LogP contribution in [-0.4, -0.2) is 57.4 Å². The van der Waals surface area contributed by atoms with Crippen LogP contribution in [-0.2, 0) is 36.4 Å². The number of aryl methyl sites for hydroxylation is 1. The third-order valence-corrected chi connectivity index (χ3v) is 8.44.